The van der Waals surface area contributed by atoms with Crippen molar-refractivity contribution in [2.45, 2.75) is 0 Å². The predicted octanol–water partition coefficient (Wildman–Crippen LogP) is 4.39. The van der Waals surface area contributed by atoms with Crippen LogP contribution in [0.15, 0.2) is 84.0 Å². The summed E-state index contributed by atoms with van der Waals surface area (Å²) < 4.78 is 0. The summed E-state index contributed by atoms with van der Waals surface area (Å²) in [5, 5.41) is 0. The molecule has 0 aromatic heterocycles. The van der Waals surface area contributed by atoms with Crippen LogP contribution in [0.2, 0.25) is 0 Å². The zero-order valence-electron chi connectivity index (χ0n) is 11.4. The van der Waals surface area contributed by atoms with E-state index in [4.69, 9.17) is 0 Å². The van der Waals surface area contributed by atoms with E-state index in [2.05, 4.69) is 12.1 Å². The summed E-state index contributed by atoms with van der Waals surface area (Å²) in [6.45, 7) is 0. The fourth-order valence-electron chi connectivity index (χ4n) is 3.00. The molecule has 0 heterocycles. The van der Waals surface area contributed by atoms with E-state index in [9.17, 15) is 4.79 Å². The number of benzene rings is 2. The molecule has 2 aromatic carbocycles. The molecule has 0 atom stereocenters. The molecule has 0 N–H and O–H groups in total. The van der Waals surface area contributed by atoms with Gasteiger partial charge in [0.25, 0.3) is 0 Å². The number of hydrogen-bond acceptors (Lipinski definition) is 1. The van der Waals surface area contributed by atoms with Crippen LogP contribution in [0.5, 0.6) is 0 Å². The fourth-order valence-corrected chi connectivity index (χ4v) is 3.00. The van der Waals surface area contributed by atoms with Gasteiger partial charge in [-0.1, -0.05) is 72.8 Å². The monoisotopic (exact) mass is 269 g/mol. The minimum Gasteiger partial charge on any atom is -0.289 e. The molecule has 1 nitrogen and oxygen atoms in total. The molecule has 0 saturated heterocycles. The molecule has 2 aromatic rings. The zero-order chi connectivity index (χ0) is 14.2. The highest BCUT2D eigenvalue weighted by Crippen LogP contribution is 2.40. The van der Waals surface area contributed by atoms with Crippen LogP contribution in [-0.4, -0.2) is 5.78 Å². The predicted molar refractivity (Wildman–Crippen MR) is 84.8 cm³/mol. The lowest BCUT2D eigenvalue weighted by Gasteiger charge is -2.26. The maximum atomic E-state index is 12.7. The number of rotatable bonds is 1. The Balaban J connectivity index is 2.07. The molecule has 1 radical (unpaired) electrons. The summed E-state index contributed by atoms with van der Waals surface area (Å²) in [7, 11) is 0. The Hall–Kier alpha value is -2.67. The van der Waals surface area contributed by atoms with Crippen LogP contribution in [0, 0.1) is 6.42 Å². The van der Waals surface area contributed by atoms with Crippen molar-refractivity contribution < 1.29 is 4.79 Å². The topological polar surface area (TPSA) is 17.1 Å². The van der Waals surface area contributed by atoms with Gasteiger partial charge in [-0.2, -0.15) is 0 Å². The van der Waals surface area contributed by atoms with Crippen molar-refractivity contribution >= 4 is 11.4 Å². The normalized spacial score (nSPS) is 16.4. The second-order valence-electron chi connectivity index (χ2n) is 5.16. The summed E-state index contributed by atoms with van der Waals surface area (Å²) in [6, 6.07) is 18.1. The average molecular weight is 269 g/mol. The summed E-state index contributed by atoms with van der Waals surface area (Å²) in [5.41, 5.74) is 5.90. The average Bonchev–Trinajstić information content (AvgIpc) is 2.56. The van der Waals surface area contributed by atoms with Crippen LogP contribution in [0.1, 0.15) is 21.5 Å². The van der Waals surface area contributed by atoms with E-state index in [1.807, 2.05) is 67.1 Å². The number of allylic oxidation sites excluding steroid dienone is 5. The first kappa shape index (κ1) is 12.1. The molecular weight excluding hydrogens is 256 g/mol. The Morgan fingerprint density at radius 3 is 2.24 bits per heavy atom. The van der Waals surface area contributed by atoms with Gasteiger partial charge in [-0.05, 0) is 22.3 Å². The van der Waals surface area contributed by atoms with Crippen LogP contribution < -0.4 is 0 Å². The van der Waals surface area contributed by atoms with Crippen LogP contribution >= 0.6 is 0 Å². The maximum Gasteiger partial charge on any atom is 0.193 e. The van der Waals surface area contributed by atoms with E-state index in [-0.39, 0.29) is 5.78 Å². The molecule has 0 bridgehead atoms. The molecule has 0 amide bonds. The second kappa shape index (κ2) is 4.71. The molecule has 0 unspecified atom stereocenters. The SMILES string of the molecule is O=C1C2=CC=C[CH]C2=C(c2ccccc2)c2ccccc21. The molecule has 0 aliphatic heterocycles. The van der Waals surface area contributed by atoms with Crippen LogP contribution in [-0.2, 0) is 0 Å². The smallest absolute Gasteiger partial charge is 0.193 e. The van der Waals surface area contributed by atoms with E-state index in [1.165, 1.54) is 0 Å². The molecule has 21 heavy (non-hydrogen) atoms. The van der Waals surface area contributed by atoms with Crippen molar-refractivity contribution in [1.29, 1.82) is 0 Å². The van der Waals surface area contributed by atoms with Crippen molar-refractivity contribution in [3.8, 4) is 0 Å². The lowest BCUT2D eigenvalue weighted by molar-refractivity contribution is 0.103. The van der Waals surface area contributed by atoms with Crippen LogP contribution in [0.4, 0.5) is 0 Å². The van der Waals surface area contributed by atoms with Crippen LogP contribution in [0.3, 0.4) is 0 Å². The lowest BCUT2D eigenvalue weighted by atomic mass is 9.76. The van der Waals surface area contributed by atoms with Gasteiger partial charge in [-0.15, -0.1) is 0 Å². The van der Waals surface area contributed by atoms with E-state index in [1.54, 1.807) is 0 Å². The minimum absolute atomic E-state index is 0.112. The molecule has 4 rings (SSSR count). The van der Waals surface area contributed by atoms with E-state index >= 15 is 0 Å². The number of carbonyl (C=O) groups excluding carboxylic acids is 1. The highest BCUT2D eigenvalue weighted by atomic mass is 16.1. The fraction of sp³-hybridized carbons (Fsp3) is 0. The molecule has 2 aliphatic rings. The van der Waals surface area contributed by atoms with Crippen molar-refractivity contribution in [2.75, 3.05) is 0 Å². The third-order valence-corrected chi connectivity index (χ3v) is 3.94. The molecular formula is C20H13O. The molecule has 99 valence electrons. The van der Waals surface area contributed by atoms with Gasteiger partial charge in [0, 0.05) is 17.6 Å². The van der Waals surface area contributed by atoms with Gasteiger partial charge in [0.1, 0.15) is 0 Å². The van der Waals surface area contributed by atoms with Crippen molar-refractivity contribution in [3.63, 3.8) is 0 Å². The summed E-state index contributed by atoms with van der Waals surface area (Å²) in [6.07, 6.45) is 7.86. The molecule has 1 heteroatoms. The van der Waals surface area contributed by atoms with Gasteiger partial charge in [0.2, 0.25) is 0 Å². The summed E-state index contributed by atoms with van der Waals surface area (Å²) in [5.74, 6) is 0.112. The first-order valence-corrected chi connectivity index (χ1v) is 7.02. The number of ketones is 1. The van der Waals surface area contributed by atoms with Gasteiger partial charge in [0.15, 0.2) is 5.78 Å². The maximum absolute atomic E-state index is 12.7. The standard InChI is InChI=1S/C20H13O/c21-20-17-12-6-4-10-15(17)19(14-8-2-1-3-9-14)16-11-5-7-13-18(16)20/h1-13H. The highest BCUT2D eigenvalue weighted by Gasteiger charge is 2.29. The van der Waals surface area contributed by atoms with Gasteiger partial charge in [-0.3, -0.25) is 4.79 Å². The van der Waals surface area contributed by atoms with E-state index in [0.717, 1.165) is 33.4 Å². The molecule has 0 spiro atoms. The molecule has 0 saturated carbocycles. The van der Waals surface area contributed by atoms with Crippen molar-refractivity contribution in [2.24, 2.45) is 0 Å². The molecule has 0 fully saturated rings. The first-order valence-electron chi connectivity index (χ1n) is 7.02. The Bertz CT molecular complexity index is 820. The van der Waals surface area contributed by atoms with Crippen LogP contribution in [0.25, 0.3) is 5.57 Å². The van der Waals surface area contributed by atoms with Gasteiger partial charge < -0.3 is 0 Å². The van der Waals surface area contributed by atoms with Gasteiger partial charge >= 0.3 is 0 Å². The quantitative estimate of drug-likeness (QED) is 0.750. The van der Waals surface area contributed by atoms with E-state index < -0.39 is 0 Å². The molecule has 2 aliphatic carbocycles. The van der Waals surface area contributed by atoms with E-state index in [0.29, 0.717) is 0 Å². The number of fused-ring (bicyclic) bond motifs is 2. The summed E-state index contributed by atoms with van der Waals surface area (Å²) >= 11 is 0. The highest BCUT2D eigenvalue weighted by molar-refractivity contribution is 6.20. The third kappa shape index (κ3) is 1.82. The third-order valence-electron chi connectivity index (χ3n) is 3.94. The van der Waals surface area contributed by atoms with Gasteiger partial charge in [-0.25, -0.2) is 0 Å². The van der Waals surface area contributed by atoms with Gasteiger partial charge in [0.05, 0.1) is 0 Å². The number of Topliss-reactive ketones (excluding diaryl/α,β-unsaturated/α-hetero) is 1. The van der Waals surface area contributed by atoms with Crippen molar-refractivity contribution in [3.05, 3.63) is 107 Å². The Morgan fingerprint density at radius 1 is 0.714 bits per heavy atom. The Kier molecular flexibility index (Phi) is 2.71. The summed E-state index contributed by atoms with van der Waals surface area (Å²) in [4.78, 5) is 12.7. The Morgan fingerprint density at radius 2 is 1.43 bits per heavy atom. The number of hydrogen-bond donors (Lipinski definition) is 0. The van der Waals surface area contributed by atoms with Crippen molar-refractivity contribution in [1.82, 2.24) is 0 Å². The Labute approximate surface area is 123 Å². The zero-order valence-corrected chi connectivity index (χ0v) is 11.4. The minimum atomic E-state index is 0.112. The lowest BCUT2D eigenvalue weighted by Crippen LogP contribution is -2.17. The largest absolute Gasteiger partial charge is 0.289 e. The second-order valence-corrected chi connectivity index (χ2v) is 5.16. The number of carbonyl (C=O) groups is 1. The first-order chi connectivity index (χ1) is 10.4.